The van der Waals surface area contributed by atoms with E-state index in [1.54, 1.807) is 56.7 Å². The summed E-state index contributed by atoms with van der Waals surface area (Å²) >= 11 is 0. The van der Waals surface area contributed by atoms with Gasteiger partial charge in [0.25, 0.3) is 11.8 Å². The molecule has 0 aromatic heterocycles. The first-order valence-electron chi connectivity index (χ1n) is 7.95. The molecule has 2 amide bonds. The van der Waals surface area contributed by atoms with Gasteiger partial charge < -0.3 is 14.2 Å². The largest absolute Gasteiger partial charge is 0.496 e. The average Bonchev–Trinajstić information content (AvgIpc) is 2.89. The molecule has 0 bridgehead atoms. The highest BCUT2D eigenvalue weighted by Gasteiger charge is 2.34. The number of ether oxygens (including phenoxy) is 3. The molecule has 0 radical (unpaired) electrons. The second kappa shape index (κ2) is 7.25. The average molecular weight is 341 g/mol. The number of carbonyl (C=O) groups excluding carboxylic acids is 2. The Hall–Kier alpha value is -3.02. The summed E-state index contributed by atoms with van der Waals surface area (Å²) in [6.07, 6.45) is 0.533. The van der Waals surface area contributed by atoms with E-state index in [0.29, 0.717) is 47.9 Å². The van der Waals surface area contributed by atoms with E-state index < -0.39 is 0 Å². The molecule has 1 heterocycles. The van der Waals surface area contributed by atoms with Crippen LogP contribution in [0.2, 0.25) is 0 Å². The summed E-state index contributed by atoms with van der Waals surface area (Å²) in [6, 6.07) is 12.1. The maximum atomic E-state index is 12.3. The topological polar surface area (TPSA) is 65.1 Å². The quantitative estimate of drug-likeness (QED) is 0.572. The van der Waals surface area contributed by atoms with Gasteiger partial charge in [0.05, 0.1) is 32.0 Å². The number of hydrogen-bond donors (Lipinski definition) is 0. The molecule has 25 heavy (non-hydrogen) atoms. The zero-order valence-corrected chi connectivity index (χ0v) is 14.2. The van der Waals surface area contributed by atoms with Crippen molar-refractivity contribution in [1.29, 1.82) is 0 Å². The minimum Gasteiger partial charge on any atom is -0.496 e. The normalized spacial score (nSPS) is 13.0. The Balaban J connectivity index is 1.56. The molecule has 2 aromatic carbocycles. The van der Waals surface area contributed by atoms with Crippen LogP contribution in [0.15, 0.2) is 42.5 Å². The summed E-state index contributed by atoms with van der Waals surface area (Å²) in [5.41, 5.74) is 0.928. The highest BCUT2D eigenvalue weighted by molar-refractivity contribution is 6.21. The minimum atomic E-state index is -0.247. The molecule has 2 aromatic rings. The van der Waals surface area contributed by atoms with Crippen LogP contribution < -0.4 is 14.2 Å². The first-order chi connectivity index (χ1) is 12.1. The lowest BCUT2D eigenvalue weighted by Gasteiger charge is -2.14. The van der Waals surface area contributed by atoms with E-state index in [9.17, 15) is 9.59 Å². The first-order valence-corrected chi connectivity index (χ1v) is 7.95. The Morgan fingerprint density at radius 2 is 1.36 bits per heavy atom. The standard InChI is InChI=1S/C19H19NO5/c1-23-13-10-14(24-2)12-15(11-13)25-9-5-8-20-18(21)16-6-3-4-7-17(16)19(20)22/h3-4,6-7,10-12H,5,8-9H2,1-2H3. The Bertz CT molecular complexity index is 745. The van der Waals surface area contributed by atoms with Crippen molar-refractivity contribution in [3.05, 3.63) is 53.6 Å². The number of nitrogens with zero attached hydrogens (tertiary/aromatic N) is 1. The van der Waals surface area contributed by atoms with E-state index in [1.165, 1.54) is 4.90 Å². The summed E-state index contributed by atoms with van der Waals surface area (Å²) in [7, 11) is 3.14. The molecular weight excluding hydrogens is 322 g/mol. The van der Waals surface area contributed by atoms with Gasteiger partial charge in [0.15, 0.2) is 0 Å². The maximum absolute atomic E-state index is 12.3. The van der Waals surface area contributed by atoms with Crippen molar-refractivity contribution >= 4 is 11.8 Å². The number of fused-ring (bicyclic) bond motifs is 1. The third-order valence-corrected chi connectivity index (χ3v) is 4.00. The summed E-state index contributed by atoms with van der Waals surface area (Å²) in [5, 5.41) is 0. The second-order valence-electron chi connectivity index (χ2n) is 5.56. The van der Waals surface area contributed by atoms with Crippen LogP contribution in [0.4, 0.5) is 0 Å². The minimum absolute atomic E-state index is 0.247. The summed E-state index contributed by atoms with van der Waals surface area (Å²) in [4.78, 5) is 25.8. The molecule has 1 aliphatic heterocycles. The Morgan fingerprint density at radius 1 is 0.840 bits per heavy atom. The third kappa shape index (κ3) is 3.42. The van der Waals surface area contributed by atoms with Gasteiger partial charge in [-0.2, -0.15) is 0 Å². The zero-order valence-electron chi connectivity index (χ0n) is 14.2. The smallest absolute Gasteiger partial charge is 0.261 e. The molecule has 0 unspecified atom stereocenters. The van der Waals surface area contributed by atoms with Crippen LogP contribution in [-0.4, -0.2) is 44.1 Å². The summed E-state index contributed by atoms with van der Waals surface area (Å²) < 4.78 is 16.1. The summed E-state index contributed by atoms with van der Waals surface area (Å²) in [6.45, 7) is 0.678. The third-order valence-electron chi connectivity index (χ3n) is 4.00. The fraction of sp³-hybridized carbons (Fsp3) is 0.263. The zero-order chi connectivity index (χ0) is 17.8. The lowest BCUT2D eigenvalue weighted by molar-refractivity contribution is 0.0647. The van der Waals surface area contributed by atoms with Crippen LogP contribution in [0.3, 0.4) is 0 Å². The van der Waals surface area contributed by atoms with Crippen LogP contribution in [-0.2, 0) is 0 Å². The van der Waals surface area contributed by atoms with Gasteiger partial charge in [0, 0.05) is 24.7 Å². The van der Waals surface area contributed by atoms with E-state index in [4.69, 9.17) is 14.2 Å². The molecule has 0 N–H and O–H groups in total. The van der Waals surface area contributed by atoms with Crippen molar-refractivity contribution in [3.8, 4) is 17.2 Å². The first kappa shape index (κ1) is 16.8. The van der Waals surface area contributed by atoms with E-state index >= 15 is 0 Å². The molecule has 0 saturated heterocycles. The van der Waals surface area contributed by atoms with E-state index in [0.717, 1.165) is 0 Å². The number of carbonyl (C=O) groups is 2. The van der Waals surface area contributed by atoms with Gasteiger partial charge in [0.2, 0.25) is 0 Å². The van der Waals surface area contributed by atoms with Crippen molar-refractivity contribution in [1.82, 2.24) is 4.90 Å². The van der Waals surface area contributed by atoms with Crippen molar-refractivity contribution in [2.75, 3.05) is 27.4 Å². The highest BCUT2D eigenvalue weighted by atomic mass is 16.5. The molecule has 3 rings (SSSR count). The van der Waals surface area contributed by atoms with Crippen molar-refractivity contribution < 1.29 is 23.8 Å². The van der Waals surface area contributed by atoms with Gasteiger partial charge in [-0.1, -0.05) is 12.1 Å². The Labute approximate surface area is 145 Å². The predicted octanol–water partition coefficient (Wildman–Crippen LogP) is 2.77. The fourth-order valence-corrected chi connectivity index (χ4v) is 2.72. The van der Waals surface area contributed by atoms with E-state index in [2.05, 4.69) is 0 Å². The van der Waals surface area contributed by atoms with Crippen LogP contribution in [0.5, 0.6) is 17.2 Å². The van der Waals surface area contributed by atoms with Crippen LogP contribution in [0.1, 0.15) is 27.1 Å². The molecule has 0 aliphatic carbocycles. The lowest BCUT2D eigenvalue weighted by Crippen LogP contribution is -2.31. The van der Waals surface area contributed by atoms with Gasteiger partial charge in [-0.15, -0.1) is 0 Å². The number of amides is 2. The molecule has 1 aliphatic rings. The molecule has 6 heteroatoms. The Kier molecular flexibility index (Phi) is 4.88. The van der Waals surface area contributed by atoms with Gasteiger partial charge in [-0.05, 0) is 18.6 Å². The Morgan fingerprint density at radius 3 is 1.88 bits per heavy atom. The fourth-order valence-electron chi connectivity index (χ4n) is 2.72. The molecule has 0 saturated carbocycles. The number of benzene rings is 2. The lowest BCUT2D eigenvalue weighted by atomic mass is 10.1. The van der Waals surface area contributed by atoms with Gasteiger partial charge >= 0.3 is 0 Å². The predicted molar refractivity (Wildman–Crippen MR) is 91.5 cm³/mol. The number of methoxy groups -OCH3 is 2. The number of hydrogen-bond acceptors (Lipinski definition) is 5. The molecule has 0 spiro atoms. The molecule has 0 fully saturated rings. The highest BCUT2D eigenvalue weighted by Crippen LogP contribution is 2.27. The monoisotopic (exact) mass is 341 g/mol. The molecule has 0 atom stereocenters. The number of imide groups is 1. The van der Waals surface area contributed by atoms with Crippen LogP contribution in [0, 0.1) is 0 Å². The molecule has 130 valence electrons. The van der Waals surface area contributed by atoms with Crippen LogP contribution in [0.25, 0.3) is 0 Å². The van der Waals surface area contributed by atoms with Crippen LogP contribution >= 0.6 is 0 Å². The van der Waals surface area contributed by atoms with E-state index in [1.807, 2.05) is 0 Å². The van der Waals surface area contributed by atoms with Gasteiger partial charge in [0.1, 0.15) is 17.2 Å². The SMILES string of the molecule is COc1cc(OC)cc(OCCCN2C(=O)c3ccccc3C2=O)c1. The maximum Gasteiger partial charge on any atom is 0.261 e. The molecule has 6 nitrogen and oxygen atoms in total. The molecular formula is C19H19NO5. The second-order valence-corrected chi connectivity index (χ2v) is 5.56. The van der Waals surface area contributed by atoms with Crippen molar-refractivity contribution in [3.63, 3.8) is 0 Å². The van der Waals surface area contributed by atoms with Crippen molar-refractivity contribution in [2.24, 2.45) is 0 Å². The summed E-state index contributed by atoms with van der Waals surface area (Å²) in [5.74, 6) is 1.38. The number of rotatable bonds is 7. The van der Waals surface area contributed by atoms with Crippen molar-refractivity contribution in [2.45, 2.75) is 6.42 Å². The van der Waals surface area contributed by atoms with Gasteiger partial charge in [-0.25, -0.2) is 0 Å². The van der Waals surface area contributed by atoms with E-state index in [-0.39, 0.29) is 11.8 Å². The van der Waals surface area contributed by atoms with Gasteiger partial charge in [-0.3, -0.25) is 14.5 Å².